The first-order valence-corrected chi connectivity index (χ1v) is 7.12. The number of aromatic nitrogens is 2. The number of piperidine rings is 1. The van der Waals surface area contributed by atoms with Crippen molar-refractivity contribution < 1.29 is 14.3 Å². The minimum Gasteiger partial charge on any atom is -0.467 e. The molecule has 0 spiro atoms. The largest absolute Gasteiger partial charge is 0.467 e. The maximum absolute atomic E-state index is 12.5. The number of likely N-dealkylation sites (tertiary alicyclic amines) is 1. The molecule has 1 unspecified atom stereocenters. The van der Waals surface area contributed by atoms with Gasteiger partial charge in [-0.05, 0) is 33.1 Å². The number of esters is 1. The van der Waals surface area contributed by atoms with Crippen LogP contribution in [0.25, 0.3) is 0 Å². The van der Waals surface area contributed by atoms with Crippen molar-refractivity contribution >= 4 is 17.6 Å². The molecule has 7 heteroatoms. The molecule has 1 aromatic rings. The van der Waals surface area contributed by atoms with Gasteiger partial charge in [0, 0.05) is 6.54 Å². The van der Waals surface area contributed by atoms with Gasteiger partial charge in [-0.3, -0.25) is 9.48 Å². The van der Waals surface area contributed by atoms with Crippen LogP contribution in [0.5, 0.6) is 0 Å². The Bertz CT molecular complexity index is 553. The highest BCUT2D eigenvalue weighted by atomic mass is 16.5. The molecule has 0 aliphatic carbocycles. The van der Waals surface area contributed by atoms with Gasteiger partial charge >= 0.3 is 5.97 Å². The van der Waals surface area contributed by atoms with Crippen LogP contribution in [-0.2, 0) is 20.9 Å². The number of methoxy groups -OCH3 is 1. The number of nitrogens with two attached hydrogens (primary N) is 1. The average Bonchev–Trinajstić information content (AvgIpc) is 2.73. The third-order valence-electron chi connectivity index (χ3n) is 4.02. The molecule has 0 saturated carbocycles. The molecule has 0 aromatic carbocycles. The molecule has 2 heterocycles. The molecule has 2 rings (SSSR count). The zero-order chi connectivity index (χ0) is 15.6. The fourth-order valence-electron chi connectivity index (χ4n) is 2.69. The lowest BCUT2D eigenvalue weighted by Crippen LogP contribution is -2.49. The second-order valence-electron chi connectivity index (χ2n) is 5.36. The molecule has 7 nitrogen and oxygen atoms in total. The summed E-state index contributed by atoms with van der Waals surface area (Å²) >= 11 is 0. The molecular formula is C14H22N4O3. The first-order chi connectivity index (χ1) is 9.95. The van der Waals surface area contributed by atoms with Crippen molar-refractivity contribution in [3.63, 3.8) is 0 Å². The van der Waals surface area contributed by atoms with Crippen LogP contribution < -0.4 is 5.73 Å². The number of hydrogen-bond donors (Lipinski definition) is 1. The summed E-state index contributed by atoms with van der Waals surface area (Å²) in [5.41, 5.74) is 7.96. The molecule has 1 atom stereocenters. The summed E-state index contributed by atoms with van der Waals surface area (Å²) in [5.74, 6) is -0.480. The summed E-state index contributed by atoms with van der Waals surface area (Å²) in [5, 5.41) is 4.26. The summed E-state index contributed by atoms with van der Waals surface area (Å²) in [6.45, 7) is 4.31. The van der Waals surface area contributed by atoms with E-state index in [1.165, 1.54) is 7.11 Å². The fraction of sp³-hybridized carbons (Fsp3) is 0.643. The Balaban J connectivity index is 2.14. The van der Waals surface area contributed by atoms with E-state index in [9.17, 15) is 9.59 Å². The SMILES string of the molecule is COC(=O)C1CCCCN1C(=O)Cn1nc(C)c(N)c1C. The number of nitrogen functional groups attached to an aromatic ring is 1. The first-order valence-electron chi connectivity index (χ1n) is 7.12. The van der Waals surface area contributed by atoms with Crippen molar-refractivity contribution in [2.45, 2.75) is 45.7 Å². The van der Waals surface area contributed by atoms with Gasteiger partial charge in [-0.1, -0.05) is 0 Å². The quantitative estimate of drug-likeness (QED) is 0.826. The smallest absolute Gasteiger partial charge is 0.328 e. The standard InChI is InChI=1S/C14H22N4O3/c1-9-13(15)10(2)18(16-9)8-12(19)17-7-5-4-6-11(17)14(20)21-3/h11H,4-8,15H2,1-3H3. The van der Waals surface area contributed by atoms with E-state index < -0.39 is 6.04 Å². The summed E-state index contributed by atoms with van der Waals surface area (Å²) in [6.07, 6.45) is 2.48. The third-order valence-corrected chi connectivity index (χ3v) is 4.02. The molecule has 1 aliphatic heterocycles. The Morgan fingerprint density at radius 2 is 2.10 bits per heavy atom. The molecular weight excluding hydrogens is 272 g/mol. The number of aryl methyl sites for hydroxylation is 1. The molecule has 21 heavy (non-hydrogen) atoms. The lowest BCUT2D eigenvalue weighted by molar-refractivity contribution is -0.155. The number of carbonyl (C=O) groups is 2. The molecule has 0 radical (unpaired) electrons. The van der Waals surface area contributed by atoms with Crippen molar-refractivity contribution in [2.24, 2.45) is 0 Å². The van der Waals surface area contributed by atoms with E-state index in [-0.39, 0.29) is 18.4 Å². The van der Waals surface area contributed by atoms with Crippen molar-refractivity contribution in [1.82, 2.24) is 14.7 Å². The van der Waals surface area contributed by atoms with Crippen LogP contribution in [0.15, 0.2) is 0 Å². The fourth-order valence-corrected chi connectivity index (χ4v) is 2.69. The van der Waals surface area contributed by atoms with E-state index >= 15 is 0 Å². The van der Waals surface area contributed by atoms with Gasteiger partial charge < -0.3 is 15.4 Å². The van der Waals surface area contributed by atoms with Gasteiger partial charge in [0.15, 0.2) is 0 Å². The Labute approximate surface area is 124 Å². The average molecular weight is 294 g/mol. The zero-order valence-corrected chi connectivity index (χ0v) is 12.8. The molecule has 116 valence electrons. The Morgan fingerprint density at radius 1 is 1.38 bits per heavy atom. The van der Waals surface area contributed by atoms with E-state index in [4.69, 9.17) is 10.5 Å². The van der Waals surface area contributed by atoms with Gasteiger partial charge in [-0.25, -0.2) is 4.79 Å². The number of nitrogens with zero attached hydrogens (tertiary/aromatic N) is 3. The summed E-state index contributed by atoms with van der Waals surface area (Å²) in [4.78, 5) is 25.9. The van der Waals surface area contributed by atoms with Crippen LogP contribution in [0.4, 0.5) is 5.69 Å². The van der Waals surface area contributed by atoms with Crippen molar-refractivity contribution in [2.75, 3.05) is 19.4 Å². The molecule has 1 aliphatic rings. The van der Waals surface area contributed by atoms with Crippen molar-refractivity contribution in [3.8, 4) is 0 Å². The molecule has 1 amide bonds. The van der Waals surface area contributed by atoms with E-state index in [2.05, 4.69) is 5.10 Å². The number of carbonyl (C=O) groups excluding carboxylic acids is 2. The monoisotopic (exact) mass is 294 g/mol. The van der Waals surface area contributed by atoms with Gasteiger partial charge in [0.05, 0.1) is 24.2 Å². The maximum Gasteiger partial charge on any atom is 0.328 e. The van der Waals surface area contributed by atoms with Crippen LogP contribution in [0.1, 0.15) is 30.7 Å². The lowest BCUT2D eigenvalue weighted by Gasteiger charge is -2.33. The highest BCUT2D eigenvalue weighted by Gasteiger charge is 2.33. The van der Waals surface area contributed by atoms with Crippen LogP contribution >= 0.6 is 0 Å². The zero-order valence-electron chi connectivity index (χ0n) is 12.8. The summed E-state index contributed by atoms with van der Waals surface area (Å²) in [6, 6.07) is -0.481. The number of hydrogen-bond acceptors (Lipinski definition) is 5. The van der Waals surface area contributed by atoms with Gasteiger partial charge in [-0.2, -0.15) is 5.10 Å². The third kappa shape index (κ3) is 3.01. The Hall–Kier alpha value is -2.05. The normalized spacial score (nSPS) is 18.6. The second-order valence-corrected chi connectivity index (χ2v) is 5.36. The lowest BCUT2D eigenvalue weighted by atomic mass is 10.0. The van der Waals surface area contributed by atoms with E-state index in [0.29, 0.717) is 24.3 Å². The van der Waals surface area contributed by atoms with Gasteiger partial charge in [0.2, 0.25) is 5.91 Å². The number of rotatable bonds is 3. The second kappa shape index (κ2) is 6.15. The molecule has 0 bridgehead atoms. The number of ether oxygens (including phenoxy) is 1. The highest BCUT2D eigenvalue weighted by Crippen LogP contribution is 2.20. The topological polar surface area (TPSA) is 90.5 Å². The molecule has 1 aromatic heterocycles. The van der Waals surface area contributed by atoms with E-state index in [1.807, 2.05) is 13.8 Å². The van der Waals surface area contributed by atoms with Crippen LogP contribution in [0.3, 0.4) is 0 Å². The summed E-state index contributed by atoms with van der Waals surface area (Å²) in [7, 11) is 1.35. The van der Waals surface area contributed by atoms with Crippen LogP contribution in [-0.4, -0.2) is 46.3 Å². The minimum absolute atomic E-state index is 0.0946. The molecule has 2 N–H and O–H groups in total. The van der Waals surface area contributed by atoms with Gasteiger partial charge in [0.1, 0.15) is 12.6 Å². The van der Waals surface area contributed by atoms with E-state index in [0.717, 1.165) is 18.5 Å². The predicted molar refractivity (Wildman–Crippen MR) is 77.5 cm³/mol. The molecule has 1 saturated heterocycles. The van der Waals surface area contributed by atoms with Gasteiger partial charge in [-0.15, -0.1) is 0 Å². The Morgan fingerprint density at radius 3 is 2.67 bits per heavy atom. The number of anilines is 1. The van der Waals surface area contributed by atoms with Gasteiger partial charge in [0.25, 0.3) is 0 Å². The van der Waals surface area contributed by atoms with Crippen LogP contribution in [0, 0.1) is 13.8 Å². The van der Waals surface area contributed by atoms with E-state index in [1.54, 1.807) is 9.58 Å². The maximum atomic E-state index is 12.5. The Kier molecular flexibility index (Phi) is 4.50. The predicted octanol–water partition coefficient (Wildman–Crippen LogP) is 0.636. The minimum atomic E-state index is -0.481. The summed E-state index contributed by atoms with van der Waals surface area (Å²) < 4.78 is 6.39. The van der Waals surface area contributed by atoms with Crippen molar-refractivity contribution in [1.29, 1.82) is 0 Å². The van der Waals surface area contributed by atoms with Crippen molar-refractivity contribution in [3.05, 3.63) is 11.4 Å². The molecule has 1 fully saturated rings. The number of amides is 1. The van der Waals surface area contributed by atoms with Crippen LogP contribution in [0.2, 0.25) is 0 Å². The highest BCUT2D eigenvalue weighted by molar-refractivity contribution is 5.84. The first kappa shape index (κ1) is 15.3.